The van der Waals surface area contributed by atoms with Crippen molar-refractivity contribution in [2.45, 2.75) is 43.6 Å². The number of amides is 3. The topological polar surface area (TPSA) is 150 Å². The number of halogens is 1. The number of nitrogens with one attached hydrogen (secondary N) is 5. The van der Waals surface area contributed by atoms with Crippen molar-refractivity contribution < 1.29 is 18.8 Å². The maximum atomic E-state index is 13.8. The molecule has 1 heterocycles. The number of carbonyl (C=O) groups excluding carboxylic acids is 3. The fraction of sp³-hybridized carbons (Fsp3) is 0.343. The van der Waals surface area contributed by atoms with Crippen LogP contribution in [0.25, 0.3) is 0 Å². The number of rotatable bonds is 9. The highest BCUT2D eigenvalue weighted by molar-refractivity contribution is 6.05. The van der Waals surface area contributed by atoms with Crippen molar-refractivity contribution in [2.24, 2.45) is 0 Å². The molecule has 0 bridgehead atoms. The van der Waals surface area contributed by atoms with Crippen LogP contribution >= 0.6 is 0 Å². The van der Waals surface area contributed by atoms with E-state index in [2.05, 4.69) is 27.3 Å². The molecule has 11 heteroatoms. The number of amidine groups is 1. The van der Waals surface area contributed by atoms with Gasteiger partial charge in [-0.05, 0) is 109 Å². The van der Waals surface area contributed by atoms with Gasteiger partial charge in [-0.1, -0.05) is 12.1 Å². The molecular formula is C35H38FN7O3. The van der Waals surface area contributed by atoms with Crippen molar-refractivity contribution in [3.05, 3.63) is 99.9 Å². The van der Waals surface area contributed by atoms with Gasteiger partial charge in [-0.2, -0.15) is 5.26 Å². The summed E-state index contributed by atoms with van der Waals surface area (Å²) < 4.78 is 13.8. The van der Waals surface area contributed by atoms with E-state index >= 15 is 0 Å². The number of aryl methyl sites for hydroxylation is 2. The lowest BCUT2D eigenvalue weighted by atomic mass is 9.68. The van der Waals surface area contributed by atoms with Crippen LogP contribution in [0.2, 0.25) is 0 Å². The number of hydrogen-bond donors (Lipinski definition) is 5. The lowest BCUT2D eigenvalue weighted by molar-refractivity contribution is -0.130. The Bertz CT molecular complexity index is 1630. The van der Waals surface area contributed by atoms with Crippen molar-refractivity contribution in [1.82, 2.24) is 20.9 Å². The van der Waals surface area contributed by atoms with Crippen LogP contribution in [0.3, 0.4) is 0 Å². The molecule has 1 aliphatic heterocycles. The van der Waals surface area contributed by atoms with E-state index in [1.165, 1.54) is 12.1 Å². The second kappa shape index (κ2) is 13.9. The predicted octanol–water partition coefficient (Wildman–Crippen LogP) is 3.51. The molecule has 46 heavy (non-hydrogen) atoms. The van der Waals surface area contributed by atoms with E-state index < -0.39 is 17.3 Å². The van der Waals surface area contributed by atoms with E-state index in [1.54, 1.807) is 43.3 Å². The first-order chi connectivity index (χ1) is 22.2. The zero-order valence-electron chi connectivity index (χ0n) is 26.0. The van der Waals surface area contributed by atoms with Gasteiger partial charge in [0.25, 0.3) is 11.8 Å². The SMILES string of the molecule is CNC(=O)c1ccc2c(c1)CCc1cc(C(=O)NC)ccc1C2(CCNCC(=O)N1CCCC1C#N)C(=N)Nc1ccc(F)cc1. The summed E-state index contributed by atoms with van der Waals surface area (Å²) in [5, 5.41) is 30.9. The van der Waals surface area contributed by atoms with Crippen molar-refractivity contribution >= 4 is 29.2 Å². The molecule has 1 atom stereocenters. The first-order valence-electron chi connectivity index (χ1n) is 15.4. The third kappa shape index (κ3) is 6.34. The molecule has 238 valence electrons. The number of carbonyl (C=O) groups is 3. The molecule has 0 radical (unpaired) electrons. The number of nitrogens with zero attached hydrogens (tertiary/aromatic N) is 2. The zero-order valence-corrected chi connectivity index (χ0v) is 26.0. The Hall–Kier alpha value is -5.08. The molecule has 0 saturated carbocycles. The average molecular weight is 624 g/mol. The minimum absolute atomic E-state index is 0.0396. The molecule has 3 aromatic rings. The number of anilines is 1. The minimum Gasteiger partial charge on any atom is -0.355 e. The van der Waals surface area contributed by atoms with Crippen LogP contribution < -0.4 is 21.3 Å². The standard InChI is InChI=1S/C35H38FN7O3/c1-39-32(45)24-7-13-29-22(18-24)5-6-23-19-25(33(46)40-2)8-14-30(23)35(29,34(38)42-27-11-9-26(36)10-12-27)15-16-41-21-31(44)43-17-3-4-28(43)20-37/h7-14,18-19,28,41H,3-6,15-17,21H2,1-2H3,(H2,38,42)(H,39,45)(H,40,46). The molecule has 0 spiro atoms. The predicted molar refractivity (Wildman–Crippen MR) is 173 cm³/mol. The van der Waals surface area contributed by atoms with Crippen molar-refractivity contribution in [2.75, 3.05) is 39.0 Å². The normalized spacial score (nSPS) is 16.3. The third-order valence-corrected chi connectivity index (χ3v) is 8.99. The summed E-state index contributed by atoms with van der Waals surface area (Å²) in [5.41, 5.74) is 3.83. The van der Waals surface area contributed by atoms with Gasteiger partial charge in [0.15, 0.2) is 0 Å². The van der Waals surface area contributed by atoms with Gasteiger partial charge >= 0.3 is 0 Å². The van der Waals surface area contributed by atoms with Gasteiger partial charge in [-0.25, -0.2) is 4.39 Å². The molecule has 1 fully saturated rings. The van der Waals surface area contributed by atoms with Crippen LogP contribution in [0.5, 0.6) is 0 Å². The van der Waals surface area contributed by atoms with E-state index in [9.17, 15) is 29.4 Å². The largest absolute Gasteiger partial charge is 0.355 e. The van der Waals surface area contributed by atoms with Gasteiger partial charge in [0.05, 0.1) is 18.0 Å². The van der Waals surface area contributed by atoms with E-state index in [0.717, 1.165) is 28.7 Å². The first-order valence-corrected chi connectivity index (χ1v) is 15.4. The lowest BCUT2D eigenvalue weighted by Crippen LogP contribution is -2.46. The van der Waals surface area contributed by atoms with E-state index in [1.807, 2.05) is 24.3 Å². The molecule has 5 N–H and O–H groups in total. The zero-order chi connectivity index (χ0) is 32.8. The van der Waals surface area contributed by atoms with Crippen molar-refractivity contribution in [1.29, 1.82) is 10.7 Å². The molecule has 3 aromatic carbocycles. The van der Waals surface area contributed by atoms with Crippen LogP contribution in [-0.4, -0.2) is 68.2 Å². The Balaban J connectivity index is 1.59. The summed E-state index contributed by atoms with van der Waals surface area (Å²) in [6.07, 6.45) is 2.93. The van der Waals surface area contributed by atoms with E-state index in [4.69, 9.17) is 0 Å². The van der Waals surface area contributed by atoms with Crippen LogP contribution in [0.1, 0.15) is 62.2 Å². The highest BCUT2D eigenvalue weighted by Gasteiger charge is 2.43. The van der Waals surface area contributed by atoms with Crippen LogP contribution in [0.4, 0.5) is 10.1 Å². The number of fused-ring (bicyclic) bond motifs is 2. The molecule has 1 unspecified atom stereocenters. The summed E-state index contributed by atoms with van der Waals surface area (Å²) in [4.78, 5) is 39.9. The Kier molecular flexibility index (Phi) is 9.78. The molecule has 0 aromatic heterocycles. The second-order valence-electron chi connectivity index (χ2n) is 11.6. The second-order valence-corrected chi connectivity index (χ2v) is 11.6. The fourth-order valence-electron chi connectivity index (χ4n) is 6.64. The summed E-state index contributed by atoms with van der Waals surface area (Å²) in [6, 6.07) is 18.5. The Morgan fingerprint density at radius 2 is 1.54 bits per heavy atom. The van der Waals surface area contributed by atoms with Gasteiger partial charge in [0, 0.05) is 37.5 Å². The Morgan fingerprint density at radius 3 is 2.09 bits per heavy atom. The summed E-state index contributed by atoms with van der Waals surface area (Å²) in [7, 11) is 3.15. The smallest absolute Gasteiger partial charge is 0.251 e. The highest BCUT2D eigenvalue weighted by atomic mass is 19.1. The van der Waals surface area contributed by atoms with Gasteiger partial charge in [-0.3, -0.25) is 19.8 Å². The molecule has 1 saturated heterocycles. The summed E-state index contributed by atoms with van der Waals surface area (Å²) >= 11 is 0. The van der Waals surface area contributed by atoms with Crippen LogP contribution in [0, 0.1) is 22.6 Å². The average Bonchev–Trinajstić information content (AvgIpc) is 3.52. The van der Waals surface area contributed by atoms with Crippen molar-refractivity contribution in [3.63, 3.8) is 0 Å². The van der Waals surface area contributed by atoms with Gasteiger partial charge in [0.2, 0.25) is 5.91 Å². The van der Waals surface area contributed by atoms with Gasteiger partial charge < -0.3 is 26.2 Å². The molecule has 3 amide bonds. The lowest BCUT2D eigenvalue weighted by Gasteiger charge is -2.38. The molecule has 10 nitrogen and oxygen atoms in total. The van der Waals surface area contributed by atoms with Gasteiger partial charge in [0.1, 0.15) is 17.7 Å². The van der Waals surface area contributed by atoms with Crippen molar-refractivity contribution in [3.8, 4) is 6.07 Å². The van der Waals surface area contributed by atoms with Gasteiger partial charge in [-0.15, -0.1) is 0 Å². The summed E-state index contributed by atoms with van der Waals surface area (Å²) in [6.45, 7) is 0.923. The third-order valence-electron chi connectivity index (χ3n) is 8.99. The number of benzene rings is 3. The number of hydrogen-bond acceptors (Lipinski definition) is 6. The first kappa shape index (κ1) is 32.3. The highest BCUT2D eigenvalue weighted by Crippen LogP contribution is 2.44. The maximum Gasteiger partial charge on any atom is 0.251 e. The quantitative estimate of drug-likeness (QED) is 0.140. The minimum atomic E-state index is -1.10. The Labute approximate surface area is 267 Å². The van der Waals surface area contributed by atoms with Crippen LogP contribution in [0.15, 0.2) is 60.7 Å². The number of likely N-dealkylation sites (tertiary alicyclic amines) is 1. The van der Waals surface area contributed by atoms with E-state index in [0.29, 0.717) is 55.6 Å². The maximum absolute atomic E-state index is 13.8. The molecular weight excluding hydrogens is 585 g/mol. The molecule has 2 aliphatic rings. The number of nitriles is 1. The molecule has 1 aliphatic carbocycles. The van der Waals surface area contributed by atoms with E-state index in [-0.39, 0.29) is 30.1 Å². The van der Waals surface area contributed by atoms with Crippen LogP contribution in [-0.2, 0) is 23.1 Å². The monoisotopic (exact) mass is 623 g/mol. The molecule has 5 rings (SSSR count). The summed E-state index contributed by atoms with van der Waals surface area (Å²) in [5.74, 6) is -0.875. The Morgan fingerprint density at radius 1 is 0.957 bits per heavy atom. The fourth-order valence-corrected chi connectivity index (χ4v) is 6.64.